The van der Waals surface area contributed by atoms with Crippen LogP contribution in [0.25, 0.3) is 27.6 Å². The second kappa shape index (κ2) is 7.97. The van der Waals surface area contributed by atoms with Gasteiger partial charge in [-0.1, -0.05) is 60.3 Å². The number of nitro groups is 1. The zero-order chi connectivity index (χ0) is 22.2. The van der Waals surface area contributed by atoms with Gasteiger partial charge in [-0.15, -0.1) is 0 Å². The molecule has 158 valence electrons. The second-order valence-corrected chi connectivity index (χ2v) is 8.68. The molecule has 1 atom stereocenters. The van der Waals surface area contributed by atoms with Crippen LogP contribution in [0.3, 0.4) is 0 Å². The van der Waals surface area contributed by atoms with Crippen molar-refractivity contribution in [3.8, 4) is 5.69 Å². The minimum Gasteiger partial charge on any atom is -0.349 e. The van der Waals surface area contributed by atoms with Gasteiger partial charge in [0.2, 0.25) is 0 Å². The smallest absolute Gasteiger partial charge is 0.283 e. The number of thioether (sulfide) groups is 1. The summed E-state index contributed by atoms with van der Waals surface area (Å²) in [4.78, 5) is 32.3. The largest absolute Gasteiger partial charge is 0.349 e. The number of nitrogens with zero attached hydrogens (tertiary/aromatic N) is 3. The molecule has 1 N–H and O–H groups in total. The van der Waals surface area contributed by atoms with Gasteiger partial charge in [-0.05, 0) is 30.7 Å². The maximum Gasteiger partial charge on any atom is 0.283 e. The number of benzene rings is 3. The van der Waals surface area contributed by atoms with Gasteiger partial charge < -0.3 is 4.98 Å². The Morgan fingerprint density at radius 2 is 1.69 bits per heavy atom. The maximum absolute atomic E-state index is 13.6. The molecule has 0 aliphatic carbocycles. The number of nitrogens with one attached hydrogen (secondary N) is 1. The van der Waals surface area contributed by atoms with Gasteiger partial charge in [0.1, 0.15) is 11.0 Å². The average Bonchev–Trinajstić information content (AvgIpc) is 3.19. The van der Waals surface area contributed by atoms with E-state index >= 15 is 0 Å². The highest BCUT2D eigenvalue weighted by molar-refractivity contribution is 7.99. The van der Waals surface area contributed by atoms with Crippen LogP contribution in [-0.4, -0.2) is 19.5 Å². The maximum atomic E-state index is 13.6. The summed E-state index contributed by atoms with van der Waals surface area (Å²) < 4.78 is 1.52. The summed E-state index contributed by atoms with van der Waals surface area (Å²) in [5, 5.41) is 12.5. The summed E-state index contributed by atoms with van der Waals surface area (Å²) in [7, 11) is 0. The highest BCUT2D eigenvalue weighted by Gasteiger charge is 2.20. The number of fused-ring (bicyclic) bond motifs is 3. The summed E-state index contributed by atoms with van der Waals surface area (Å²) in [6.07, 6.45) is 0. The Labute approximate surface area is 186 Å². The third-order valence-corrected chi connectivity index (χ3v) is 6.47. The molecule has 0 amide bonds. The van der Waals surface area contributed by atoms with Crippen LogP contribution in [0.2, 0.25) is 0 Å². The number of aromatic amines is 1. The number of non-ortho nitro benzene ring substituents is 1. The molecule has 2 aromatic heterocycles. The summed E-state index contributed by atoms with van der Waals surface area (Å²) in [5.74, 6) is 0. The Kier molecular flexibility index (Phi) is 4.99. The normalized spacial score (nSPS) is 12.3. The standard InChI is InChI=1S/C24H18N4O3S/c1-15(16-7-3-2-4-8-16)32-24-26-21-19-9-5-6-10-20(19)25-22(21)23(29)27(24)17-11-13-18(14-12-17)28(30)31/h2-15,25H,1H3. The molecule has 0 spiro atoms. The minimum absolute atomic E-state index is 0.0340. The van der Waals surface area contributed by atoms with Gasteiger partial charge in [-0.3, -0.25) is 19.5 Å². The highest BCUT2D eigenvalue weighted by atomic mass is 32.2. The van der Waals surface area contributed by atoms with E-state index in [1.165, 1.54) is 28.5 Å². The topological polar surface area (TPSA) is 93.8 Å². The van der Waals surface area contributed by atoms with Gasteiger partial charge in [-0.2, -0.15) is 0 Å². The van der Waals surface area contributed by atoms with Crippen molar-refractivity contribution in [2.75, 3.05) is 0 Å². The van der Waals surface area contributed by atoms with Crippen LogP contribution in [0.15, 0.2) is 88.8 Å². The van der Waals surface area contributed by atoms with E-state index in [1.54, 1.807) is 12.1 Å². The van der Waals surface area contributed by atoms with Crippen molar-refractivity contribution < 1.29 is 4.92 Å². The Morgan fingerprint density at radius 3 is 2.41 bits per heavy atom. The molecule has 0 radical (unpaired) electrons. The molecule has 2 heterocycles. The molecule has 0 bridgehead atoms. The minimum atomic E-state index is -0.459. The second-order valence-electron chi connectivity index (χ2n) is 7.37. The first-order valence-corrected chi connectivity index (χ1v) is 10.9. The molecule has 7 nitrogen and oxygen atoms in total. The van der Waals surface area contributed by atoms with Gasteiger partial charge in [0.15, 0.2) is 5.16 Å². The number of aromatic nitrogens is 3. The van der Waals surface area contributed by atoms with E-state index in [2.05, 4.69) is 11.9 Å². The van der Waals surface area contributed by atoms with Crippen LogP contribution < -0.4 is 5.56 Å². The van der Waals surface area contributed by atoms with Crippen molar-refractivity contribution in [3.63, 3.8) is 0 Å². The van der Waals surface area contributed by atoms with Crippen molar-refractivity contribution >= 4 is 39.4 Å². The molecule has 5 aromatic rings. The van der Waals surface area contributed by atoms with Crippen LogP contribution in [0, 0.1) is 10.1 Å². The first-order valence-electron chi connectivity index (χ1n) is 10.0. The van der Waals surface area contributed by atoms with Crippen molar-refractivity contribution in [1.29, 1.82) is 0 Å². The summed E-state index contributed by atoms with van der Waals surface area (Å²) in [6.45, 7) is 2.06. The number of hydrogen-bond acceptors (Lipinski definition) is 5. The third kappa shape index (κ3) is 3.44. The molecule has 3 aromatic carbocycles. The predicted octanol–water partition coefficient (Wildman–Crippen LogP) is 5.63. The lowest BCUT2D eigenvalue weighted by atomic mass is 10.2. The SMILES string of the molecule is CC(Sc1nc2c([nH]c3ccccc32)c(=O)n1-c1ccc([N+](=O)[O-])cc1)c1ccccc1. The highest BCUT2D eigenvalue weighted by Crippen LogP contribution is 2.35. The number of hydrogen-bond donors (Lipinski definition) is 1. The Hall–Kier alpha value is -3.91. The van der Waals surface area contributed by atoms with E-state index < -0.39 is 4.92 Å². The molecule has 32 heavy (non-hydrogen) atoms. The summed E-state index contributed by atoms with van der Waals surface area (Å²) in [6, 6.07) is 23.6. The Morgan fingerprint density at radius 1 is 1.00 bits per heavy atom. The Bertz CT molecular complexity index is 1510. The monoisotopic (exact) mass is 442 g/mol. The molecule has 0 aliphatic rings. The van der Waals surface area contributed by atoms with E-state index in [0.717, 1.165) is 16.5 Å². The van der Waals surface area contributed by atoms with Gasteiger partial charge in [0.25, 0.3) is 11.2 Å². The van der Waals surface area contributed by atoms with Gasteiger partial charge in [0.05, 0.1) is 10.6 Å². The molecule has 0 fully saturated rings. The molecule has 5 rings (SSSR count). The lowest BCUT2D eigenvalue weighted by molar-refractivity contribution is -0.384. The average molecular weight is 443 g/mol. The van der Waals surface area contributed by atoms with Gasteiger partial charge >= 0.3 is 0 Å². The van der Waals surface area contributed by atoms with E-state index in [1.807, 2.05) is 54.6 Å². The van der Waals surface area contributed by atoms with Crippen LogP contribution >= 0.6 is 11.8 Å². The molecule has 0 saturated carbocycles. The fourth-order valence-corrected chi connectivity index (χ4v) is 4.77. The molecule has 1 unspecified atom stereocenters. The zero-order valence-corrected chi connectivity index (χ0v) is 17.9. The van der Waals surface area contributed by atoms with Crippen molar-refractivity contribution in [3.05, 3.63) is 105 Å². The lowest BCUT2D eigenvalue weighted by Crippen LogP contribution is -2.22. The number of nitro benzene ring substituents is 1. The predicted molar refractivity (Wildman–Crippen MR) is 127 cm³/mol. The summed E-state index contributed by atoms with van der Waals surface area (Å²) >= 11 is 1.47. The van der Waals surface area contributed by atoms with Gasteiger partial charge in [-0.25, -0.2) is 4.98 Å². The van der Waals surface area contributed by atoms with E-state index in [-0.39, 0.29) is 16.5 Å². The first kappa shape index (κ1) is 20.0. The zero-order valence-electron chi connectivity index (χ0n) is 17.1. The number of rotatable bonds is 5. The van der Waals surface area contributed by atoms with E-state index in [9.17, 15) is 14.9 Å². The van der Waals surface area contributed by atoms with Crippen LogP contribution in [0.4, 0.5) is 5.69 Å². The summed E-state index contributed by atoms with van der Waals surface area (Å²) in [5.41, 5.74) is 3.21. The third-order valence-electron chi connectivity index (χ3n) is 5.36. The van der Waals surface area contributed by atoms with E-state index in [0.29, 0.717) is 21.9 Å². The van der Waals surface area contributed by atoms with Gasteiger partial charge in [0, 0.05) is 28.3 Å². The molecular formula is C24H18N4O3S. The van der Waals surface area contributed by atoms with Crippen molar-refractivity contribution in [2.45, 2.75) is 17.3 Å². The molecule has 8 heteroatoms. The van der Waals surface area contributed by atoms with Crippen LogP contribution in [0.1, 0.15) is 17.7 Å². The lowest BCUT2D eigenvalue weighted by Gasteiger charge is -2.16. The first-order chi connectivity index (χ1) is 15.5. The fraction of sp³-hybridized carbons (Fsp3) is 0.0833. The fourth-order valence-electron chi connectivity index (χ4n) is 3.72. The van der Waals surface area contributed by atoms with Crippen LogP contribution in [-0.2, 0) is 0 Å². The number of H-pyrrole nitrogens is 1. The Balaban J connectivity index is 1.73. The van der Waals surface area contributed by atoms with Crippen molar-refractivity contribution in [1.82, 2.24) is 14.5 Å². The molecular weight excluding hydrogens is 424 g/mol. The van der Waals surface area contributed by atoms with E-state index in [4.69, 9.17) is 4.98 Å². The van der Waals surface area contributed by atoms with Crippen LogP contribution in [0.5, 0.6) is 0 Å². The molecule has 0 saturated heterocycles. The quantitative estimate of drug-likeness (QED) is 0.165. The molecule has 0 aliphatic heterocycles. The van der Waals surface area contributed by atoms with Crippen molar-refractivity contribution in [2.24, 2.45) is 0 Å². The number of para-hydroxylation sites is 1.